The van der Waals surface area contributed by atoms with Crippen LogP contribution in [0.4, 0.5) is 0 Å². The number of carbonyl (C=O) groups excluding carboxylic acids is 1. The van der Waals surface area contributed by atoms with Gasteiger partial charge in [-0.2, -0.15) is 0 Å². The van der Waals surface area contributed by atoms with Crippen LogP contribution < -0.4 is 0 Å². The summed E-state index contributed by atoms with van der Waals surface area (Å²) in [6, 6.07) is 0. The molecule has 3 saturated carbocycles. The Hall–Kier alpha value is -1.11. The Morgan fingerprint density at radius 2 is 2.00 bits per heavy atom. The van der Waals surface area contributed by atoms with Gasteiger partial charge in [0.25, 0.3) is 0 Å². The second-order valence-corrected chi connectivity index (χ2v) is 11.0. The lowest BCUT2D eigenvalue weighted by Gasteiger charge is -2.57. The Kier molecular flexibility index (Phi) is 5.26. The van der Waals surface area contributed by atoms with Crippen LogP contribution in [-0.2, 0) is 4.79 Å². The van der Waals surface area contributed by atoms with E-state index in [0.717, 1.165) is 24.2 Å². The highest BCUT2D eigenvalue weighted by molar-refractivity contribution is 6.01. The van der Waals surface area contributed by atoms with E-state index in [0.29, 0.717) is 17.3 Å². The molecule has 1 heteroatoms. The fourth-order valence-corrected chi connectivity index (χ4v) is 8.19. The van der Waals surface area contributed by atoms with Crippen molar-refractivity contribution in [2.75, 3.05) is 0 Å². The molecule has 0 aliphatic heterocycles. The summed E-state index contributed by atoms with van der Waals surface area (Å²) >= 11 is 0. The summed E-state index contributed by atoms with van der Waals surface area (Å²) in [4.78, 5) is 11.9. The molecule has 4 aliphatic rings. The van der Waals surface area contributed by atoms with Crippen molar-refractivity contribution in [1.82, 2.24) is 0 Å². The van der Waals surface area contributed by atoms with Gasteiger partial charge in [-0.25, -0.2) is 0 Å². The zero-order valence-electron chi connectivity index (χ0n) is 18.6. The molecule has 0 aromatic carbocycles. The molecule has 154 valence electrons. The molecule has 0 spiro atoms. The van der Waals surface area contributed by atoms with Crippen LogP contribution in [0.2, 0.25) is 0 Å². The summed E-state index contributed by atoms with van der Waals surface area (Å²) in [7, 11) is 0. The van der Waals surface area contributed by atoms with E-state index in [1.54, 1.807) is 5.57 Å². The molecule has 0 aromatic heterocycles. The molecule has 0 amide bonds. The predicted molar refractivity (Wildman–Crippen MR) is 118 cm³/mol. The molecule has 1 nitrogen and oxygen atoms in total. The van der Waals surface area contributed by atoms with Crippen LogP contribution in [0.25, 0.3) is 0 Å². The molecular weight excluding hydrogens is 340 g/mol. The number of hydrogen-bond donors (Lipinski definition) is 0. The van der Waals surface area contributed by atoms with Crippen LogP contribution in [0.1, 0.15) is 85.5 Å². The minimum absolute atomic E-state index is 0.123. The summed E-state index contributed by atoms with van der Waals surface area (Å²) in [5, 5.41) is 0. The van der Waals surface area contributed by atoms with E-state index in [1.807, 2.05) is 12.2 Å². The number of rotatable bonds is 5. The van der Waals surface area contributed by atoms with Gasteiger partial charge in [-0.15, -0.1) is 0 Å². The molecular formula is C27H40O. The fraction of sp³-hybridized carbons (Fsp3) is 0.741. The van der Waals surface area contributed by atoms with E-state index >= 15 is 0 Å². The van der Waals surface area contributed by atoms with Crippen molar-refractivity contribution in [3.8, 4) is 0 Å². The molecule has 4 rings (SSSR count). The maximum Gasteiger partial charge on any atom is 0.178 e. The third-order valence-electron chi connectivity index (χ3n) is 9.44. The van der Waals surface area contributed by atoms with Crippen LogP contribution >= 0.6 is 0 Å². The van der Waals surface area contributed by atoms with Crippen molar-refractivity contribution in [2.24, 2.45) is 40.4 Å². The number of carbonyl (C=O) groups is 1. The zero-order valence-corrected chi connectivity index (χ0v) is 18.6. The monoisotopic (exact) mass is 380 g/mol. The summed E-state index contributed by atoms with van der Waals surface area (Å²) in [5.41, 5.74) is 3.53. The summed E-state index contributed by atoms with van der Waals surface area (Å²) < 4.78 is 0. The van der Waals surface area contributed by atoms with E-state index < -0.39 is 0 Å². The Morgan fingerprint density at radius 3 is 2.75 bits per heavy atom. The smallest absolute Gasteiger partial charge is 0.178 e. The lowest BCUT2D eigenvalue weighted by molar-refractivity contribution is -0.111. The third kappa shape index (κ3) is 2.99. The first-order chi connectivity index (χ1) is 13.3. The van der Waals surface area contributed by atoms with Gasteiger partial charge in [-0.05, 0) is 92.1 Å². The largest absolute Gasteiger partial charge is 0.290 e. The number of hydrogen-bond acceptors (Lipinski definition) is 1. The van der Waals surface area contributed by atoms with Gasteiger partial charge in [0.05, 0.1) is 0 Å². The molecule has 0 bridgehead atoms. The average Bonchev–Trinajstić information content (AvgIpc) is 2.92. The molecule has 3 unspecified atom stereocenters. The van der Waals surface area contributed by atoms with E-state index in [-0.39, 0.29) is 11.2 Å². The van der Waals surface area contributed by atoms with Crippen molar-refractivity contribution in [1.29, 1.82) is 0 Å². The minimum atomic E-state index is 0.123. The van der Waals surface area contributed by atoms with Gasteiger partial charge in [0.1, 0.15) is 0 Å². The molecule has 3 fully saturated rings. The van der Waals surface area contributed by atoms with E-state index in [2.05, 4.69) is 40.3 Å². The summed E-state index contributed by atoms with van der Waals surface area (Å²) in [5.74, 6) is 4.05. The van der Waals surface area contributed by atoms with Gasteiger partial charge >= 0.3 is 0 Å². The van der Waals surface area contributed by atoms with Gasteiger partial charge in [0.15, 0.2) is 5.78 Å². The molecule has 28 heavy (non-hydrogen) atoms. The zero-order chi connectivity index (χ0) is 20.1. The number of allylic oxidation sites excluding steroid dienone is 5. The summed E-state index contributed by atoms with van der Waals surface area (Å²) in [6.45, 7) is 14.5. The molecule has 0 N–H and O–H groups in total. The van der Waals surface area contributed by atoms with Crippen molar-refractivity contribution in [2.45, 2.75) is 85.5 Å². The summed E-state index contributed by atoms with van der Waals surface area (Å²) in [6.07, 6.45) is 17.7. The third-order valence-corrected chi connectivity index (χ3v) is 9.44. The van der Waals surface area contributed by atoms with E-state index in [4.69, 9.17) is 0 Å². The first-order valence-electron chi connectivity index (χ1n) is 11.9. The molecule has 0 radical (unpaired) electrons. The Bertz CT molecular complexity index is 712. The molecule has 4 aliphatic carbocycles. The normalized spacial score (nSPS) is 44.5. The van der Waals surface area contributed by atoms with Gasteiger partial charge in [0, 0.05) is 5.41 Å². The first-order valence-corrected chi connectivity index (χ1v) is 11.9. The van der Waals surface area contributed by atoms with Crippen molar-refractivity contribution in [3.63, 3.8) is 0 Å². The van der Waals surface area contributed by atoms with Crippen LogP contribution in [-0.4, -0.2) is 5.78 Å². The van der Waals surface area contributed by atoms with Crippen molar-refractivity contribution < 1.29 is 4.79 Å². The predicted octanol–water partition coefficient (Wildman–Crippen LogP) is 7.29. The number of fused-ring (bicyclic) bond motifs is 5. The molecule has 0 heterocycles. The van der Waals surface area contributed by atoms with E-state index in [9.17, 15) is 4.79 Å². The maximum absolute atomic E-state index is 11.9. The molecule has 0 saturated heterocycles. The SMILES string of the molecule is C=C(CCCCC)[C@H]1[C@H](C)CC2C3CCC4=CC(=O)C=C[C@]4(C)C3CC[C@@]21C. The second kappa shape index (κ2) is 7.29. The topological polar surface area (TPSA) is 17.1 Å². The van der Waals surface area contributed by atoms with Crippen molar-refractivity contribution in [3.05, 3.63) is 36.0 Å². The van der Waals surface area contributed by atoms with Gasteiger partial charge in [-0.1, -0.05) is 64.3 Å². The molecule has 0 aromatic rings. The highest BCUT2D eigenvalue weighted by atomic mass is 16.1. The van der Waals surface area contributed by atoms with Gasteiger partial charge in [0.2, 0.25) is 0 Å². The maximum atomic E-state index is 11.9. The molecule has 7 atom stereocenters. The van der Waals surface area contributed by atoms with Crippen molar-refractivity contribution >= 4 is 5.78 Å². The van der Waals surface area contributed by atoms with E-state index in [1.165, 1.54) is 56.9 Å². The quantitative estimate of drug-likeness (QED) is 0.361. The number of ketones is 1. The second-order valence-electron chi connectivity index (χ2n) is 11.0. The van der Waals surface area contributed by atoms with Crippen LogP contribution in [0, 0.1) is 40.4 Å². The highest BCUT2D eigenvalue weighted by Crippen LogP contribution is 2.68. The fourth-order valence-electron chi connectivity index (χ4n) is 8.19. The van der Waals surface area contributed by atoms with Crippen LogP contribution in [0.15, 0.2) is 36.0 Å². The highest BCUT2D eigenvalue weighted by Gasteiger charge is 2.60. The number of unbranched alkanes of at least 4 members (excludes halogenated alkanes) is 2. The Morgan fingerprint density at radius 1 is 1.21 bits per heavy atom. The lowest BCUT2D eigenvalue weighted by Crippen LogP contribution is -2.49. The minimum Gasteiger partial charge on any atom is -0.290 e. The Labute approximate surface area is 172 Å². The Balaban J connectivity index is 1.58. The first kappa shape index (κ1) is 20.2. The van der Waals surface area contributed by atoms with Crippen LogP contribution in [0.5, 0.6) is 0 Å². The standard InChI is InChI=1S/C27H40O/c1-6-7-8-9-18(2)25-19(3)16-24-22-11-10-20-17-21(28)12-14-26(20,4)23(22)13-15-27(24,25)5/h12,14,17,19,22-25H,2,6-11,13,15-16H2,1,3-5H3/t19-,22?,23?,24?,25+,26+,27+/m1/s1. The lowest BCUT2D eigenvalue weighted by atomic mass is 9.47. The van der Waals surface area contributed by atoms with Gasteiger partial charge in [-0.3, -0.25) is 4.79 Å². The average molecular weight is 381 g/mol. The van der Waals surface area contributed by atoms with Gasteiger partial charge < -0.3 is 0 Å². The van der Waals surface area contributed by atoms with Crippen LogP contribution in [0.3, 0.4) is 0 Å².